The lowest BCUT2D eigenvalue weighted by atomic mass is 10.1. The summed E-state index contributed by atoms with van der Waals surface area (Å²) < 4.78 is 16.0. The molecule has 0 aliphatic carbocycles. The van der Waals surface area contributed by atoms with Crippen LogP contribution >= 0.6 is 0 Å². The number of carbonyl (C=O) groups is 2. The number of nitrogens with zero attached hydrogens (tertiary/aromatic N) is 1. The van der Waals surface area contributed by atoms with Crippen LogP contribution in [0.1, 0.15) is 40.3 Å². The normalized spacial score (nSPS) is 14.8. The zero-order valence-electron chi connectivity index (χ0n) is 16.1. The molecule has 0 fully saturated rings. The van der Waals surface area contributed by atoms with Gasteiger partial charge in [0.05, 0.1) is 12.2 Å². The Kier molecular flexibility index (Phi) is 5.03. The number of hydrogen-bond donors (Lipinski definition) is 1. The van der Waals surface area contributed by atoms with Crippen molar-refractivity contribution in [2.24, 2.45) is 0 Å². The van der Waals surface area contributed by atoms with Crippen LogP contribution in [0.3, 0.4) is 0 Å². The lowest BCUT2D eigenvalue weighted by Gasteiger charge is -2.05. The maximum Gasteiger partial charge on any atom is 0.338 e. The number of aromatic nitrogens is 1. The molecule has 1 amide bonds. The molecule has 1 aliphatic rings. The molecule has 7 nitrogen and oxygen atoms in total. The van der Waals surface area contributed by atoms with E-state index in [1.165, 1.54) is 0 Å². The first-order chi connectivity index (χ1) is 14.0. The standard InChI is InChI=1S/C22H20N2O5/c1-3-27-22(26)14-4-7-17(8-5-14)23-21(25)18-12-20(29-24-18)15-6-9-19-16(11-15)10-13(2)28-19/h4-9,11-13H,3,10H2,1-2H3,(H,23,25)/t13-/m1/s1. The van der Waals surface area contributed by atoms with Gasteiger partial charge in [-0.3, -0.25) is 4.79 Å². The quantitative estimate of drug-likeness (QED) is 0.658. The van der Waals surface area contributed by atoms with Gasteiger partial charge in [-0.1, -0.05) is 5.16 Å². The van der Waals surface area contributed by atoms with Crippen LogP contribution in [0.4, 0.5) is 5.69 Å². The minimum atomic E-state index is -0.402. The molecule has 1 atom stereocenters. The predicted molar refractivity (Wildman–Crippen MR) is 106 cm³/mol. The second-order valence-corrected chi connectivity index (χ2v) is 6.78. The van der Waals surface area contributed by atoms with Gasteiger partial charge in [0.1, 0.15) is 11.9 Å². The average molecular weight is 392 g/mol. The van der Waals surface area contributed by atoms with E-state index in [2.05, 4.69) is 10.5 Å². The summed E-state index contributed by atoms with van der Waals surface area (Å²) >= 11 is 0. The maximum atomic E-state index is 12.5. The number of ether oxygens (including phenoxy) is 2. The van der Waals surface area contributed by atoms with E-state index in [9.17, 15) is 9.59 Å². The van der Waals surface area contributed by atoms with Crippen LogP contribution in [0.25, 0.3) is 11.3 Å². The van der Waals surface area contributed by atoms with Crippen LogP contribution in [-0.2, 0) is 11.2 Å². The molecular weight excluding hydrogens is 372 g/mol. The summed E-state index contributed by atoms with van der Waals surface area (Å²) in [6.45, 7) is 4.08. The fourth-order valence-corrected chi connectivity index (χ4v) is 3.19. The molecule has 0 bridgehead atoms. The van der Waals surface area contributed by atoms with Gasteiger partial charge in [-0.05, 0) is 61.9 Å². The number of amides is 1. The van der Waals surface area contributed by atoms with Gasteiger partial charge in [0.2, 0.25) is 0 Å². The molecule has 3 aromatic rings. The van der Waals surface area contributed by atoms with Gasteiger partial charge in [0, 0.05) is 23.7 Å². The molecule has 0 saturated carbocycles. The van der Waals surface area contributed by atoms with E-state index in [0.717, 1.165) is 23.3 Å². The number of esters is 1. The largest absolute Gasteiger partial charge is 0.490 e. The number of carbonyl (C=O) groups excluding carboxylic acids is 2. The summed E-state index contributed by atoms with van der Waals surface area (Å²) in [6.07, 6.45) is 0.999. The first kappa shape index (κ1) is 18.7. The van der Waals surface area contributed by atoms with Crippen molar-refractivity contribution in [1.29, 1.82) is 0 Å². The molecule has 0 saturated heterocycles. The van der Waals surface area contributed by atoms with Crippen molar-refractivity contribution in [1.82, 2.24) is 5.16 Å². The highest BCUT2D eigenvalue weighted by Gasteiger charge is 2.21. The monoisotopic (exact) mass is 392 g/mol. The lowest BCUT2D eigenvalue weighted by molar-refractivity contribution is 0.0526. The van der Waals surface area contributed by atoms with Gasteiger partial charge < -0.3 is 19.3 Å². The van der Waals surface area contributed by atoms with Gasteiger partial charge in [0.25, 0.3) is 5.91 Å². The third-order valence-electron chi connectivity index (χ3n) is 4.58. The Hall–Kier alpha value is -3.61. The third kappa shape index (κ3) is 3.99. The van der Waals surface area contributed by atoms with Crippen LogP contribution in [0.5, 0.6) is 5.75 Å². The van der Waals surface area contributed by atoms with Crippen molar-refractivity contribution in [3.8, 4) is 17.1 Å². The highest BCUT2D eigenvalue weighted by atomic mass is 16.5. The summed E-state index contributed by atoms with van der Waals surface area (Å²) in [5.74, 6) is 0.586. The zero-order chi connectivity index (χ0) is 20.4. The second-order valence-electron chi connectivity index (χ2n) is 6.78. The van der Waals surface area contributed by atoms with Crippen molar-refractivity contribution in [3.05, 3.63) is 65.4 Å². The van der Waals surface area contributed by atoms with E-state index in [1.54, 1.807) is 37.3 Å². The van der Waals surface area contributed by atoms with Gasteiger partial charge in [-0.25, -0.2) is 4.79 Å². The maximum absolute atomic E-state index is 12.5. The molecule has 29 heavy (non-hydrogen) atoms. The van der Waals surface area contributed by atoms with Gasteiger partial charge in [-0.15, -0.1) is 0 Å². The molecule has 1 aliphatic heterocycles. The topological polar surface area (TPSA) is 90.7 Å². The first-order valence-electron chi connectivity index (χ1n) is 9.38. The predicted octanol–water partition coefficient (Wildman–Crippen LogP) is 4.09. The van der Waals surface area contributed by atoms with E-state index in [1.807, 2.05) is 25.1 Å². The summed E-state index contributed by atoms with van der Waals surface area (Å²) in [6, 6.07) is 13.8. The fraction of sp³-hybridized carbons (Fsp3) is 0.227. The molecule has 4 rings (SSSR count). The van der Waals surface area contributed by atoms with Gasteiger partial charge >= 0.3 is 5.97 Å². The zero-order valence-corrected chi connectivity index (χ0v) is 16.1. The van der Waals surface area contributed by atoms with Gasteiger partial charge in [0.15, 0.2) is 11.5 Å². The van der Waals surface area contributed by atoms with Gasteiger partial charge in [-0.2, -0.15) is 0 Å². The lowest BCUT2D eigenvalue weighted by Crippen LogP contribution is -2.12. The SMILES string of the molecule is CCOC(=O)c1ccc(NC(=O)c2cc(-c3ccc4c(c3)C[C@@H](C)O4)on2)cc1. The van der Waals surface area contributed by atoms with Crippen molar-refractivity contribution < 1.29 is 23.6 Å². The van der Waals surface area contributed by atoms with E-state index < -0.39 is 11.9 Å². The van der Waals surface area contributed by atoms with Crippen molar-refractivity contribution in [3.63, 3.8) is 0 Å². The average Bonchev–Trinajstić information content (AvgIpc) is 3.34. The Morgan fingerprint density at radius 2 is 1.97 bits per heavy atom. The Balaban J connectivity index is 1.45. The molecule has 0 radical (unpaired) electrons. The molecule has 7 heteroatoms. The van der Waals surface area contributed by atoms with Crippen molar-refractivity contribution >= 4 is 17.6 Å². The second kappa shape index (κ2) is 7.79. The van der Waals surface area contributed by atoms with Crippen LogP contribution in [-0.4, -0.2) is 29.7 Å². The van der Waals surface area contributed by atoms with Crippen molar-refractivity contribution in [2.45, 2.75) is 26.4 Å². The van der Waals surface area contributed by atoms with E-state index >= 15 is 0 Å². The van der Waals surface area contributed by atoms with Crippen LogP contribution in [0.2, 0.25) is 0 Å². The number of benzene rings is 2. The summed E-state index contributed by atoms with van der Waals surface area (Å²) in [7, 11) is 0. The molecule has 2 heterocycles. The first-order valence-corrected chi connectivity index (χ1v) is 9.38. The smallest absolute Gasteiger partial charge is 0.338 e. The molecule has 1 N–H and O–H groups in total. The van der Waals surface area contributed by atoms with E-state index in [0.29, 0.717) is 23.6 Å². The van der Waals surface area contributed by atoms with Crippen molar-refractivity contribution in [2.75, 3.05) is 11.9 Å². The fourth-order valence-electron chi connectivity index (χ4n) is 3.19. The Labute approximate surface area is 167 Å². The van der Waals surface area contributed by atoms with Crippen LogP contribution in [0, 0.1) is 0 Å². The summed E-state index contributed by atoms with van der Waals surface area (Å²) in [4.78, 5) is 24.2. The third-order valence-corrected chi connectivity index (χ3v) is 4.58. The molecular formula is C22H20N2O5. The Morgan fingerprint density at radius 1 is 1.17 bits per heavy atom. The Bertz CT molecular complexity index is 1060. The van der Waals surface area contributed by atoms with E-state index in [4.69, 9.17) is 14.0 Å². The van der Waals surface area contributed by atoms with Crippen LogP contribution < -0.4 is 10.1 Å². The number of nitrogens with one attached hydrogen (secondary N) is 1. The highest BCUT2D eigenvalue weighted by molar-refractivity contribution is 6.03. The Morgan fingerprint density at radius 3 is 2.72 bits per heavy atom. The minimum absolute atomic E-state index is 0.159. The van der Waals surface area contributed by atoms with Crippen LogP contribution in [0.15, 0.2) is 53.1 Å². The molecule has 2 aromatic carbocycles. The number of rotatable bonds is 5. The minimum Gasteiger partial charge on any atom is -0.490 e. The highest BCUT2D eigenvalue weighted by Crippen LogP contribution is 2.33. The molecule has 1 aromatic heterocycles. The molecule has 0 unspecified atom stereocenters. The number of anilines is 1. The molecule has 148 valence electrons. The van der Waals surface area contributed by atoms with E-state index in [-0.39, 0.29) is 11.8 Å². The summed E-state index contributed by atoms with van der Waals surface area (Å²) in [5, 5.41) is 6.61. The number of fused-ring (bicyclic) bond motifs is 1. The molecule has 0 spiro atoms. The number of hydrogen-bond acceptors (Lipinski definition) is 6. The summed E-state index contributed by atoms with van der Waals surface area (Å²) in [5.41, 5.74) is 3.07.